The molecule has 2 rings (SSSR count). The van der Waals surface area contributed by atoms with Crippen molar-refractivity contribution in [2.75, 3.05) is 19.7 Å². The highest BCUT2D eigenvalue weighted by Gasteiger charge is 2.30. The highest BCUT2D eigenvalue weighted by atomic mass is 16.5. The summed E-state index contributed by atoms with van der Waals surface area (Å²) in [6, 6.07) is 7.75. The summed E-state index contributed by atoms with van der Waals surface area (Å²) < 4.78 is 5.69. The van der Waals surface area contributed by atoms with Crippen molar-refractivity contribution in [1.82, 2.24) is 4.90 Å². The fraction of sp³-hybridized carbons (Fsp3) is 0.529. The minimum absolute atomic E-state index is 0.0419. The standard InChI is InChI=1S/C17H23NO4/c1-3-12(2)14-6-4-5-7-15(14)22-11-16(19)18-9-8-13(10-18)17(20)21/h4-7,12-13H,3,8-11H2,1-2H3,(H,20,21)/t12-,13+/m0/s1. The van der Waals surface area contributed by atoms with Gasteiger partial charge >= 0.3 is 5.97 Å². The van der Waals surface area contributed by atoms with E-state index in [0.29, 0.717) is 18.9 Å². The number of rotatable bonds is 6. The quantitative estimate of drug-likeness (QED) is 0.877. The van der Waals surface area contributed by atoms with Gasteiger partial charge < -0.3 is 14.7 Å². The lowest BCUT2D eigenvalue weighted by Gasteiger charge is -2.18. The number of aliphatic carboxylic acids is 1. The van der Waals surface area contributed by atoms with Gasteiger partial charge in [-0.25, -0.2) is 0 Å². The van der Waals surface area contributed by atoms with Gasteiger partial charge in [-0.1, -0.05) is 32.0 Å². The molecule has 1 amide bonds. The fourth-order valence-corrected chi connectivity index (χ4v) is 2.66. The maximum atomic E-state index is 12.1. The fourth-order valence-electron chi connectivity index (χ4n) is 2.66. The summed E-state index contributed by atoms with van der Waals surface area (Å²) in [5.41, 5.74) is 1.10. The van der Waals surface area contributed by atoms with E-state index in [1.807, 2.05) is 24.3 Å². The molecule has 5 heteroatoms. The maximum absolute atomic E-state index is 12.1. The minimum Gasteiger partial charge on any atom is -0.483 e. The summed E-state index contributed by atoms with van der Waals surface area (Å²) >= 11 is 0. The second-order valence-corrected chi connectivity index (χ2v) is 5.80. The van der Waals surface area contributed by atoms with Crippen LogP contribution < -0.4 is 4.74 Å². The van der Waals surface area contributed by atoms with Gasteiger partial charge in [0.15, 0.2) is 6.61 Å². The summed E-state index contributed by atoms with van der Waals surface area (Å²) in [5.74, 6) is -0.328. The zero-order valence-corrected chi connectivity index (χ0v) is 13.1. The van der Waals surface area contributed by atoms with Gasteiger partial charge in [0.2, 0.25) is 0 Å². The molecule has 120 valence electrons. The SMILES string of the molecule is CC[C@H](C)c1ccccc1OCC(=O)N1CC[C@@H](C(=O)O)C1. The number of benzene rings is 1. The third kappa shape index (κ3) is 3.78. The third-order valence-electron chi connectivity index (χ3n) is 4.30. The number of hydrogen-bond acceptors (Lipinski definition) is 3. The number of carboxylic acid groups (broad SMARTS) is 1. The zero-order chi connectivity index (χ0) is 16.1. The van der Waals surface area contributed by atoms with Crippen molar-refractivity contribution in [3.8, 4) is 5.75 Å². The molecule has 1 heterocycles. The molecule has 5 nitrogen and oxygen atoms in total. The average molecular weight is 305 g/mol. The van der Waals surface area contributed by atoms with Crippen molar-refractivity contribution >= 4 is 11.9 Å². The summed E-state index contributed by atoms with van der Waals surface area (Å²) in [5, 5.41) is 8.98. The van der Waals surface area contributed by atoms with Crippen LogP contribution in [0.4, 0.5) is 0 Å². The van der Waals surface area contributed by atoms with E-state index in [1.165, 1.54) is 0 Å². The van der Waals surface area contributed by atoms with Crippen LogP contribution in [0.2, 0.25) is 0 Å². The van der Waals surface area contributed by atoms with Crippen molar-refractivity contribution in [3.05, 3.63) is 29.8 Å². The number of hydrogen-bond donors (Lipinski definition) is 1. The van der Waals surface area contributed by atoms with E-state index in [2.05, 4.69) is 13.8 Å². The van der Waals surface area contributed by atoms with Gasteiger partial charge in [-0.15, -0.1) is 0 Å². The molecule has 0 saturated carbocycles. The van der Waals surface area contributed by atoms with Crippen molar-refractivity contribution in [3.63, 3.8) is 0 Å². The molecule has 1 aliphatic heterocycles. The Morgan fingerprint density at radius 1 is 1.41 bits per heavy atom. The second kappa shape index (κ2) is 7.29. The van der Waals surface area contributed by atoms with E-state index >= 15 is 0 Å². The van der Waals surface area contributed by atoms with Crippen LogP contribution in [0, 0.1) is 5.92 Å². The molecule has 1 aromatic rings. The summed E-state index contributed by atoms with van der Waals surface area (Å²) in [6.07, 6.45) is 1.52. The molecule has 1 aliphatic rings. The molecule has 1 fully saturated rings. The molecule has 0 aliphatic carbocycles. The summed E-state index contributed by atoms with van der Waals surface area (Å²) in [6.45, 7) is 4.97. The Morgan fingerprint density at radius 2 is 2.14 bits per heavy atom. The van der Waals surface area contributed by atoms with Crippen LogP contribution in [0.25, 0.3) is 0 Å². The molecule has 0 aromatic heterocycles. The van der Waals surface area contributed by atoms with Crippen LogP contribution in [0.15, 0.2) is 24.3 Å². The van der Waals surface area contributed by atoms with E-state index in [4.69, 9.17) is 9.84 Å². The van der Waals surface area contributed by atoms with Gasteiger partial charge in [-0.3, -0.25) is 9.59 Å². The normalized spacial score (nSPS) is 19.0. The van der Waals surface area contributed by atoms with Crippen molar-refractivity contribution in [2.45, 2.75) is 32.6 Å². The van der Waals surface area contributed by atoms with Gasteiger partial charge in [0.1, 0.15) is 5.75 Å². The highest BCUT2D eigenvalue weighted by molar-refractivity contribution is 5.80. The second-order valence-electron chi connectivity index (χ2n) is 5.80. The van der Waals surface area contributed by atoms with Crippen molar-refractivity contribution in [1.29, 1.82) is 0 Å². The van der Waals surface area contributed by atoms with Crippen molar-refractivity contribution in [2.24, 2.45) is 5.92 Å². The first-order valence-electron chi connectivity index (χ1n) is 7.75. The van der Waals surface area contributed by atoms with E-state index < -0.39 is 11.9 Å². The highest BCUT2D eigenvalue weighted by Crippen LogP contribution is 2.28. The Balaban J connectivity index is 1.93. The first kappa shape index (κ1) is 16.3. The first-order chi connectivity index (χ1) is 10.5. The average Bonchev–Trinajstić information content (AvgIpc) is 3.02. The van der Waals surface area contributed by atoms with Crippen LogP contribution in [0.1, 0.15) is 38.2 Å². The summed E-state index contributed by atoms with van der Waals surface area (Å²) in [7, 11) is 0. The molecular formula is C17H23NO4. The molecule has 0 spiro atoms. The monoisotopic (exact) mass is 305 g/mol. The Hall–Kier alpha value is -2.04. The van der Waals surface area contributed by atoms with Crippen LogP contribution in [0.5, 0.6) is 5.75 Å². The number of carboxylic acids is 1. The molecule has 0 radical (unpaired) electrons. The number of para-hydroxylation sites is 1. The van der Waals surface area contributed by atoms with Crippen molar-refractivity contribution < 1.29 is 19.4 Å². The van der Waals surface area contributed by atoms with Crippen LogP contribution in [-0.2, 0) is 9.59 Å². The predicted molar refractivity (Wildman–Crippen MR) is 83.0 cm³/mol. The molecule has 1 N–H and O–H groups in total. The van der Waals surface area contributed by atoms with Crippen LogP contribution in [0.3, 0.4) is 0 Å². The first-order valence-corrected chi connectivity index (χ1v) is 7.75. The number of amides is 1. The van der Waals surface area contributed by atoms with Gasteiger partial charge in [-0.05, 0) is 30.4 Å². The largest absolute Gasteiger partial charge is 0.483 e. The van der Waals surface area contributed by atoms with E-state index in [1.54, 1.807) is 4.90 Å². The molecular weight excluding hydrogens is 282 g/mol. The lowest BCUT2D eigenvalue weighted by atomic mass is 9.98. The molecule has 1 saturated heterocycles. The minimum atomic E-state index is -0.835. The van der Waals surface area contributed by atoms with Crippen LogP contribution >= 0.6 is 0 Å². The van der Waals surface area contributed by atoms with E-state index in [0.717, 1.165) is 17.7 Å². The van der Waals surface area contributed by atoms with Gasteiger partial charge in [0.25, 0.3) is 5.91 Å². The zero-order valence-electron chi connectivity index (χ0n) is 13.1. The Morgan fingerprint density at radius 3 is 2.77 bits per heavy atom. The molecule has 2 atom stereocenters. The van der Waals surface area contributed by atoms with Gasteiger partial charge in [0, 0.05) is 13.1 Å². The number of ether oxygens (including phenoxy) is 1. The van der Waals surface area contributed by atoms with E-state index in [-0.39, 0.29) is 19.1 Å². The molecule has 22 heavy (non-hydrogen) atoms. The van der Waals surface area contributed by atoms with Crippen LogP contribution in [-0.4, -0.2) is 41.6 Å². The Kier molecular flexibility index (Phi) is 5.41. The molecule has 0 bridgehead atoms. The third-order valence-corrected chi connectivity index (χ3v) is 4.30. The smallest absolute Gasteiger partial charge is 0.308 e. The maximum Gasteiger partial charge on any atom is 0.308 e. The lowest BCUT2D eigenvalue weighted by molar-refractivity contribution is -0.141. The van der Waals surface area contributed by atoms with Gasteiger partial charge in [-0.2, -0.15) is 0 Å². The van der Waals surface area contributed by atoms with Gasteiger partial charge in [0.05, 0.1) is 5.92 Å². The lowest BCUT2D eigenvalue weighted by Crippen LogP contribution is -2.33. The van der Waals surface area contributed by atoms with E-state index in [9.17, 15) is 9.59 Å². The Labute approximate surface area is 130 Å². The number of likely N-dealkylation sites (tertiary alicyclic amines) is 1. The summed E-state index contributed by atoms with van der Waals surface area (Å²) in [4.78, 5) is 24.7. The number of nitrogens with zero attached hydrogens (tertiary/aromatic N) is 1. The topological polar surface area (TPSA) is 66.8 Å². The molecule has 0 unspecified atom stereocenters. The number of carbonyl (C=O) groups is 2. The Bertz CT molecular complexity index is 543. The predicted octanol–water partition coefficient (Wildman–Crippen LogP) is 2.51. The number of carbonyl (C=O) groups excluding carboxylic acids is 1. The molecule has 1 aromatic carbocycles.